The Morgan fingerprint density at radius 2 is 2.35 bits per heavy atom. The van der Waals surface area contributed by atoms with Crippen molar-refractivity contribution in [2.24, 2.45) is 0 Å². The lowest BCUT2D eigenvalue weighted by Crippen LogP contribution is -2.14. The number of hydrogen-bond donors (Lipinski definition) is 2. The van der Waals surface area contributed by atoms with Crippen LogP contribution in [0.25, 0.3) is 0 Å². The lowest BCUT2D eigenvalue weighted by molar-refractivity contribution is -0.113. The Kier molecular flexibility index (Phi) is 4.52. The number of rotatable bonds is 5. The van der Waals surface area contributed by atoms with E-state index >= 15 is 0 Å². The van der Waals surface area contributed by atoms with E-state index in [1.165, 1.54) is 18.9 Å². The van der Waals surface area contributed by atoms with Gasteiger partial charge in [0.1, 0.15) is 12.0 Å². The van der Waals surface area contributed by atoms with Crippen LogP contribution in [0.5, 0.6) is 5.75 Å². The van der Waals surface area contributed by atoms with E-state index in [1.807, 2.05) is 6.92 Å². The Bertz CT molecular complexity index is 613. The fourth-order valence-electron chi connectivity index (χ4n) is 1.52. The van der Waals surface area contributed by atoms with Crippen molar-refractivity contribution in [1.29, 1.82) is 0 Å². The van der Waals surface area contributed by atoms with E-state index in [1.54, 1.807) is 24.5 Å². The third-order valence-corrected chi connectivity index (χ3v) is 3.27. The number of amides is 1. The number of nitrogen functional groups attached to an aromatic ring is 1. The van der Waals surface area contributed by atoms with Gasteiger partial charge in [0, 0.05) is 11.8 Å². The number of aryl methyl sites for hydroxylation is 1. The zero-order chi connectivity index (χ0) is 14.5. The molecule has 20 heavy (non-hydrogen) atoms. The lowest BCUT2D eigenvalue weighted by atomic mass is 10.2. The molecule has 6 nitrogen and oxygen atoms in total. The van der Waals surface area contributed by atoms with Gasteiger partial charge in [-0.2, -0.15) is 0 Å². The highest BCUT2D eigenvalue weighted by atomic mass is 32.2. The van der Waals surface area contributed by atoms with Crippen LogP contribution in [0.3, 0.4) is 0 Å². The Morgan fingerprint density at radius 1 is 1.55 bits per heavy atom. The number of nitrogens with zero attached hydrogens (tertiary/aromatic N) is 1. The summed E-state index contributed by atoms with van der Waals surface area (Å²) in [7, 11) is 1.52. The largest absolute Gasteiger partial charge is 0.494 e. The van der Waals surface area contributed by atoms with Gasteiger partial charge in [0.15, 0.2) is 0 Å². The minimum atomic E-state index is -0.172. The maximum atomic E-state index is 11.9. The molecule has 0 fully saturated rings. The highest BCUT2D eigenvalue weighted by Crippen LogP contribution is 2.27. The minimum absolute atomic E-state index is 0.172. The number of hydrogen-bond acceptors (Lipinski definition) is 6. The molecule has 3 N–H and O–H groups in total. The Morgan fingerprint density at radius 3 is 3.00 bits per heavy atom. The molecule has 0 unspecified atom stereocenters. The van der Waals surface area contributed by atoms with Crippen LogP contribution in [0.2, 0.25) is 0 Å². The molecule has 0 aliphatic rings. The Labute approximate surface area is 120 Å². The quantitative estimate of drug-likeness (QED) is 0.649. The average molecular weight is 293 g/mol. The van der Waals surface area contributed by atoms with E-state index in [4.69, 9.17) is 14.9 Å². The molecule has 2 aromatic rings. The summed E-state index contributed by atoms with van der Waals surface area (Å²) in [6.07, 6.45) is 1.54. The number of anilines is 2. The minimum Gasteiger partial charge on any atom is -0.494 e. The molecule has 106 valence electrons. The zero-order valence-electron chi connectivity index (χ0n) is 11.2. The van der Waals surface area contributed by atoms with Crippen LogP contribution in [0.1, 0.15) is 5.69 Å². The number of benzene rings is 1. The number of thioether (sulfide) groups is 1. The van der Waals surface area contributed by atoms with E-state index in [-0.39, 0.29) is 11.7 Å². The fraction of sp³-hybridized carbons (Fsp3) is 0.231. The molecule has 7 heteroatoms. The standard InChI is InChI=1S/C13H15N3O3S/c1-8-6-19-13(15-8)20-7-12(17)16-10-4-3-9(14)5-11(10)18-2/h3-6H,7,14H2,1-2H3,(H,16,17). The van der Waals surface area contributed by atoms with E-state index < -0.39 is 0 Å². The van der Waals surface area contributed by atoms with Crippen molar-refractivity contribution in [2.75, 3.05) is 23.9 Å². The molecule has 0 radical (unpaired) electrons. The number of carbonyl (C=O) groups excluding carboxylic acids is 1. The molecule has 0 bridgehead atoms. The van der Waals surface area contributed by atoms with Crippen molar-refractivity contribution in [3.05, 3.63) is 30.2 Å². The van der Waals surface area contributed by atoms with E-state index in [0.717, 1.165) is 5.69 Å². The lowest BCUT2D eigenvalue weighted by Gasteiger charge is -2.10. The van der Waals surface area contributed by atoms with Gasteiger partial charge in [-0.25, -0.2) is 4.98 Å². The van der Waals surface area contributed by atoms with Crippen molar-refractivity contribution in [2.45, 2.75) is 12.1 Å². The summed E-state index contributed by atoms with van der Waals surface area (Å²) in [5, 5.41) is 3.23. The SMILES string of the molecule is COc1cc(N)ccc1NC(=O)CSc1nc(C)co1. The maximum absolute atomic E-state index is 11.9. The summed E-state index contributed by atoms with van der Waals surface area (Å²) in [6.45, 7) is 1.83. The number of nitrogens with one attached hydrogen (secondary N) is 1. The summed E-state index contributed by atoms with van der Waals surface area (Å²) in [4.78, 5) is 16.0. The second kappa shape index (κ2) is 6.33. The first-order chi connectivity index (χ1) is 9.58. The van der Waals surface area contributed by atoms with Gasteiger partial charge < -0.3 is 20.2 Å². The van der Waals surface area contributed by atoms with Gasteiger partial charge in [-0.3, -0.25) is 4.79 Å². The van der Waals surface area contributed by atoms with Crippen LogP contribution < -0.4 is 15.8 Å². The van der Waals surface area contributed by atoms with Gasteiger partial charge >= 0.3 is 0 Å². The topological polar surface area (TPSA) is 90.4 Å². The molecule has 1 aromatic heterocycles. The number of nitrogens with two attached hydrogens (primary N) is 1. The highest BCUT2D eigenvalue weighted by molar-refractivity contribution is 7.99. The van der Waals surface area contributed by atoms with Gasteiger partial charge in [0.2, 0.25) is 5.91 Å². The first-order valence-electron chi connectivity index (χ1n) is 5.87. The van der Waals surface area contributed by atoms with Crippen molar-refractivity contribution >= 4 is 29.0 Å². The summed E-state index contributed by atoms with van der Waals surface area (Å²) >= 11 is 1.23. The summed E-state index contributed by atoms with van der Waals surface area (Å²) in [5.41, 5.74) is 7.59. The molecule has 0 aliphatic carbocycles. The smallest absolute Gasteiger partial charge is 0.256 e. The molecule has 0 aliphatic heterocycles. The van der Waals surface area contributed by atoms with Crippen molar-refractivity contribution in [3.63, 3.8) is 0 Å². The number of oxazole rings is 1. The molecule has 0 atom stereocenters. The molecular weight excluding hydrogens is 278 g/mol. The summed E-state index contributed by atoms with van der Waals surface area (Å²) < 4.78 is 10.3. The van der Waals surface area contributed by atoms with Crippen LogP contribution >= 0.6 is 11.8 Å². The molecule has 1 amide bonds. The number of carbonyl (C=O) groups is 1. The Balaban J connectivity index is 1.94. The molecule has 0 saturated heterocycles. The molecule has 0 saturated carbocycles. The fourth-order valence-corrected chi connectivity index (χ4v) is 2.17. The van der Waals surface area contributed by atoms with Crippen molar-refractivity contribution in [1.82, 2.24) is 4.98 Å². The van der Waals surface area contributed by atoms with Crippen molar-refractivity contribution < 1.29 is 13.9 Å². The van der Waals surface area contributed by atoms with Crippen LogP contribution in [-0.2, 0) is 4.79 Å². The first-order valence-corrected chi connectivity index (χ1v) is 6.85. The molecule has 2 rings (SSSR count). The Hall–Kier alpha value is -2.15. The zero-order valence-corrected chi connectivity index (χ0v) is 12.0. The van der Waals surface area contributed by atoms with Crippen LogP contribution in [-0.4, -0.2) is 23.8 Å². The number of ether oxygens (including phenoxy) is 1. The van der Waals surface area contributed by atoms with Gasteiger partial charge in [-0.15, -0.1) is 0 Å². The van der Waals surface area contributed by atoms with Crippen molar-refractivity contribution in [3.8, 4) is 5.75 Å². The van der Waals surface area contributed by atoms with Gasteiger partial charge in [-0.1, -0.05) is 11.8 Å². The average Bonchev–Trinajstić information content (AvgIpc) is 2.84. The number of aromatic nitrogens is 1. The second-order valence-electron chi connectivity index (χ2n) is 4.05. The van der Waals surface area contributed by atoms with Gasteiger partial charge in [-0.05, 0) is 19.1 Å². The maximum Gasteiger partial charge on any atom is 0.256 e. The molecule has 0 spiro atoms. The van der Waals surface area contributed by atoms with E-state index in [0.29, 0.717) is 22.3 Å². The van der Waals surface area contributed by atoms with Gasteiger partial charge in [0.05, 0.1) is 24.2 Å². The second-order valence-corrected chi connectivity index (χ2v) is 4.98. The van der Waals surface area contributed by atoms with E-state index in [2.05, 4.69) is 10.3 Å². The normalized spacial score (nSPS) is 10.3. The molecule has 1 aromatic carbocycles. The number of methoxy groups -OCH3 is 1. The van der Waals surface area contributed by atoms with Crippen LogP contribution in [0, 0.1) is 6.92 Å². The summed E-state index contributed by atoms with van der Waals surface area (Å²) in [5.74, 6) is 0.553. The molecule has 1 heterocycles. The third-order valence-electron chi connectivity index (χ3n) is 2.42. The monoisotopic (exact) mass is 293 g/mol. The first kappa shape index (κ1) is 14.3. The molecular formula is C13H15N3O3S. The van der Waals surface area contributed by atoms with Gasteiger partial charge in [0.25, 0.3) is 5.22 Å². The third kappa shape index (κ3) is 3.67. The van der Waals surface area contributed by atoms with Crippen LogP contribution in [0.4, 0.5) is 11.4 Å². The highest BCUT2D eigenvalue weighted by Gasteiger charge is 2.10. The predicted octanol–water partition coefficient (Wildman–Crippen LogP) is 2.30. The van der Waals surface area contributed by atoms with E-state index in [9.17, 15) is 4.79 Å². The van der Waals surface area contributed by atoms with Crippen LogP contribution in [0.15, 0.2) is 34.1 Å². The summed E-state index contributed by atoms with van der Waals surface area (Å²) in [6, 6.07) is 5.05. The predicted molar refractivity (Wildman–Crippen MR) is 78.0 cm³/mol.